The van der Waals surface area contributed by atoms with Crippen molar-refractivity contribution in [2.75, 3.05) is 6.61 Å². The minimum Gasteiger partial charge on any atom is -0.872 e. The molecule has 0 aliphatic heterocycles. The molecule has 0 N–H and O–H groups in total. The maximum Gasteiger partial charge on any atom is 0.378 e. The van der Waals surface area contributed by atoms with Crippen molar-refractivity contribution in [3.05, 3.63) is 36.2 Å². The van der Waals surface area contributed by atoms with Gasteiger partial charge in [0.2, 0.25) is 0 Å². The van der Waals surface area contributed by atoms with Gasteiger partial charge in [-0.2, -0.15) is 0 Å². The third-order valence-electron chi connectivity index (χ3n) is 1.68. The standard InChI is InChI=1S/C11H11NO4.Na/c1-2-16-11(15)10(14)6-9(13)8-4-3-5-12-7-8;/h3-7,13H,2H2,1H3;/p-1/b9-6-;. The summed E-state index contributed by atoms with van der Waals surface area (Å²) in [6, 6.07) is 3.07. The van der Waals surface area contributed by atoms with Gasteiger partial charge in [0.15, 0.2) is 0 Å². The average molecular weight is 243 g/mol. The summed E-state index contributed by atoms with van der Waals surface area (Å²) in [7, 11) is 0. The van der Waals surface area contributed by atoms with Crippen LogP contribution in [0.2, 0.25) is 0 Å². The first-order valence-corrected chi connectivity index (χ1v) is 4.65. The van der Waals surface area contributed by atoms with Gasteiger partial charge < -0.3 is 9.84 Å². The molecule has 0 amide bonds. The molecule has 5 nitrogen and oxygen atoms in total. The number of hydrogen-bond donors (Lipinski definition) is 0. The van der Waals surface area contributed by atoms with Crippen LogP contribution in [-0.4, -0.2) is 52.9 Å². The summed E-state index contributed by atoms with van der Waals surface area (Å²) in [6.07, 6.45) is 3.52. The molecular weight excluding hydrogens is 233 g/mol. The first kappa shape index (κ1) is 15.8. The van der Waals surface area contributed by atoms with Crippen LogP contribution in [-0.2, 0) is 14.3 Å². The Hall–Kier alpha value is -1.17. The molecule has 0 unspecified atom stereocenters. The molecule has 0 spiro atoms. The van der Waals surface area contributed by atoms with Crippen molar-refractivity contribution >= 4 is 47.1 Å². The van der Waals surface area contributed by atoms with Crippen molar-refractivity contribution in [3.8, 4) is 0 Å². The van der Waals surface area contributed by atoms with Crippen molar-refractivity contribution in [1.29, 1.82) is 0 Å². The number of esters is 1. The molecule has 0 aliphatic carbocycles. The molecule has 0 saturated heterocycles. The van der Waals surface area contributed by atoms with Crippen LogP contribution in [0.3, 0.4) is 0 Å². The fraction of sp³-hybridized carbons (Fsp3) is 0.182. The number of aromatic nitrogens is 1. The van der Waals surface area contributed by atoms with E-state index >= 15 is 0 Å². The van der Waals surface area contributed by atoms with Gasteiger partial charge in [0.05, 0.1) is 6.61 Å². The van der Waals surface area contributed by atoms with Crippen LogP contribution in [0.4, 0.5) is 0 Å². The Balaban J connectivity index is 0.00000256. The first-order chi connectivity index (χ1) is 7.65. The zero-order valence-electron chi connectivity index (χ0n) is 9.67. The summed E-state index contributed by atoms with van der Waals surface area (Å²) in [5, 5.41) is 11.4. The Morgan fingerprint density at radius 3 is 2.76 bits per heavy atom. The molecule has 0 aliphatic rings. The van der Waals surface area contributed by atoms with Crippen molar-refractivity contribution in [3.63, 3.8) is 0 Å². The van der Waals surface area contributed by atoms with E-state index in [2.05, 4.69) is 9.72 Å². The predicted molar refractivity (Wildman–Crippen MR) is 59.6 cm³/mol. The van der Waals surface area contributed by atoms with Gasteiger partial charge >= 0.3 is 5.97 Å². The van der Waals surface area contributed by atoms with E-state index < -0.39 is 17.5 Å². The summed E-state index contributed by atoms with van der Waals surface area (Å²) < 4.78 is 4.45. The summed E-state index contributed by atoms with van der Waals surface area (Å²) in [5.74, 6) is -2.55. The molecule has 17 heavy (non-hydrogen) atoms. The fourth-order valence-electron chi connectivity index (χ4n) is 0.972. The van der Waals surface area contributed by atoms with E-state index in [1.54, 1.807) is 13.0 Å². The zero-order valence-corrected chi connectivity index (χ0v) is 11.7. The Kier molecular flexibility index (Phi) is 7.45. The second kappa shape index (κ2) is 8.00. The number of rotatable bonds is 4. The van der Waals surface area contributed by atoms with Crippen LogP contribution in [0.1, 0.15) is 12.5 Å². The maximum atomic E-state index is 11.4. The summed E-state index contributed by atoms with van der Waals surface area (Å²) in [5.41, 5.74) is 0.250. The molecule has 1 aromatic rings. The van der Waals surface area contributed by atoms with Crippen LogP contribution in [0.25, 0.3) is 5.76 Å². The van der Waals surface area contributed by atoms with E-state index in [1.165, 1.54) is 18.5 Å². The molecule has 0 atom stereocenters. The molecule has 0 bridgehead atoms. The molecule has 6 heteroatoms. The fourth-order valence-corrected chi connectivity index (χ4v) is 0.972. The third kappa shape index (κ3) is 5.12. The second-order valence-corrected chi connectivity index (χ2v) is 2.84. The van der Waals surface area contributed by atoms with Crippen molar-refractivity contribution in [2.24, 2.45) is 0 Å². The van der Waals surface area contributed by atoms with Crippen LogP contribution in [0.15, 0.2) is 30.6 Å². The Morgan fingerprint density at radius 2 is 2.24 bits per heavy atom. The van der Waals surface area contributed by atoms with Crippen LogP contribution in [0, 0.1) is 0 Å². The molecule has 1 aromatic heterocycles. The van der Waals surface area contributed by atoms with E-state index in [0.29, 0.717) is 6.08 Å². The van der Waals surface area contributed by atoms with Crippen LogP contribution >= 0.6 is 0 Å². The molecular formula is C11H10NNaO4-. The van der Waals surface area contributed by atoms with E-state index in [4.69, 9.17) is 0 Å². The Bertz CT molecular complexity index is 417. The van der Waals surface area contributed by atoms with Gasteiger partial charge in [-0.3, -0.25) is 9.78 Å². The van der Waals surface area contributed by atoms with Crippen LogP contribution in [0.5, 0.6) is 0 Å². The van der Waals surface area contributed by atoms with Crippen LogP contribution < -0.4 is 5.11 Å². The van der Waals surface area contributed by atoms with Gasteiger partial charge in [-0.05, 0) is 24.6 Å². The van der Waals surface area contributed by atoms with Crippen molar-refractivity contribution in [1.82, 2.24) is 4.98 Å². The second-order valence-electron chi connectivity index (χ2n) is 2.84. The number of carbonyl (C=O) groups excluding carboxylic acids is 2. The zero-order chi connectivity index (χ0) is 12.0. The van der Waals surface area contributed by atoms with Crippen molar-refractivity contribution in [2.45, 2.75) is 6.92 Å². The minimum absolute atomic E-state index is 0. The minimum atomic E-state index is -1.03. The first-order valence-electron chi connectivity index (χ1n) is 4.65. The molecule has 85 valence electrons. The Labute approximate surface area is 121 Å². The van der Waals surface area contributed by atoms with Gasteiger partial charge in [0.1, 0.15) is 0 Å². The van der Waals surface area contributed by atoms with E-state index in [0.717, 1.165) is 0 Å². The monoisotopic (exact) mass is 243 g/mol. The normalized spacial score (nSPS) is 10.3. The number of ether oxygens (including phenoxy) is 1. The predicted octanol–water partition coefficient (Wildman–Crippen LogP) is -0.466. The number of ketones is 1. The molecule has 1 heterocycles. The van der Waals surface area contributed by atoms with Gasteiger partial charge in [0, 0.05) is 42.0 Å². The molecule has 0 saturated carbocycles. The number of pyridine rings is 1. The molecule has 1 radical (unpaired) electrons. The van der Waals surface area contributed by atoms with Gasteiger partial charge in [-0.15, -0.1) is 0 Å². The third-order valence-corrected chi connectivity index (χ3v) is 1.68. The summed E-state index contributed by atoms with van der Waals surface area (Å²) in [4.78, 5) is 25.8. The summed E-state index contributed by atoms with van der Waals surface area (Å²) in [6.45, 7) is 1.67. The molecule has 0 fully saturated rings. The number of nitrogens with zero attached hydrogens (tertiary/aromatic N) is 1. The maximum absolute atomic E-state index is 11.4. The SMILES string of the molecule is CCOC(=O)C(=O)/C=C(\[O-])c1cccnc1.[Na]. The molecule has 1 rings (SSSR count). The summed E-state index contributed by atoms with van der Waals surface area (Å²) >= 11 is 0. The number of hydrogen-bond acceptors (Lipinski definition) is 5. The van der Waals surface area contributed by atoms with E-state index in [-0.39, 0.29) is 41.7 Å². The smallest absolute Gasteiger partial charge is 0.378 e. The number of carbonyl (C=O) groups is 2. The van der Waals surface area contributed by atoms with Crippen molar-refractivity contribution < 1.29 is 19.4 Å². The Morgan fingerprint density at radius 1 is 1.53 bits per heavy atom. The van der Waals surface area contributed by atoms with Gasteiger partial charge in [-0.25, -0.2) is 4.79 Å². The van der Waals surface area contributed by atoms with E-state index in [9.17, 15) is 14.7 Å². The van der Waals surface area contributed by atoms with Gasteiger partial charge in [0.25, 0.3) is 5.78 Å². The van der Waals surface area contributed by atoms with E-state index in [1.807, 2.05) is 0 Å². The molecule has 0 aromatic carbocycles. The topological polar surface area (TPSA) is 79.3 Å². The largest absolute Gasteiger partial charge is 0.872 e. The quantitative estimate of drug-likeness (QED) is 0.235. The average Bonchev–Trinajstić information content (AvgIpc) is 2.30. The van der Waals surface area contributed by atoms with Gasteiger partial charge in [-0.1, -0.05) is 11.8 Å².